The first kappa shape index (κ1) is 12.1. The molecule has 0 unspecified atom stereocenters. The quantitative estimate of drug-likeness (QED) is 0.721. The zero-order chi connectivity index (χ0) is 11.4. The zero-order valence-electron chi connectivity index (χ0n) is 10.5. The number of hydrogen-bond donors (Lipinski definition) is 0. The van der Waals surface area contributed by atoms with E-state index in [-0.39, 0.29) is 0 Å². The molecule has 2 saturated heterocycles. The van der Waals surface area contributed by atoms with E-state index in [1.807, 2.05) is 0 Å². The fraction of sp³-hybridized carbons (Fsp3) is 0.923. The summed E-state index contributed by atoms with van der Waals surface area (Å²) < 4.78 is 0. The SMILES string of the molecule is CC(=O)C1CCN(CCN2CCCC2)CC1. The van der Waals surface area contributed by atoms with Crippen LogP contribution in [0.25, 0.3) is 0 Å². The maximum Gasteiger partial charge on any atom is 0.133 e. The normalized spacial score (nSPS) is 25.1. The highest BCUT2D eigenvalue weighted by Gasteiger charge is 2.22. The van der Waals surface area contributed by atoms with Crippen LogP contribution in [0.15, 0.2) is 0 Å². The summed E-state index contributed by atoms with van der Waals surface area (Å²) in [6.07, 6.45) is 4.92. The number of carbonyl (C=O) groups is 1. The minimum absolute atomic E-state index is 0.350. The molecule has 3 heteroatoms. The third-order valence-electron chi connectivity index (χ3n) is 4.09. The Morgan fingerprint density at radius 2 is 1.50 bits per heavy atom. The van der Waals surface area contributed by atoms with Crippen molar-refractivity contribution in [2.75, 3.05) is 39.3 Å². The lowest BCUT2D eigenvalue weighted by Gasteiger charge is -2.31. The summed E-state index contributed by atoms with van der Waals surface area (Å²) >= 11 is 0. The molecule has 2 aliphatic rings. The van der Waals surface area contributed by atoms with E-state index in [0.717, 1.165) is 25.9 Å². The average molecular weight is 224 g/mol. The Morgan fingerprint density at radius 1 is 1.00 bits per heavy atom. The van der Waals surface area contributed by atoms with Crippen molar-refractivity contribution in [2.45, 2.75) is 32.6 Å². The first-order valence-corrected chi connectivity index (χ1v) is 6.71. The van der Waals surface area contributed by atoms with Gasteiger partial charge in [-0.2, -0.15) is 0 Å². The second-order valence-electron chi connectivity index (χ2n) is 5.28. The smallest absolute Gasteiger partial charge is 0.133 e. The highest BCUT2D eigenvalue weighted by Crippen LogP contribution is 2.18. The summed E-state index contributed by atoms with van der Waals surface area (Å²) in [7, 11) is 0. The van der Waals surface area contributed by atoms with Gasteiger partial charge in [0.1, 0.15) is 5.78 Å². The second kappa shape index (κ2) is 5.78. The molecule has 2 rings (SSSR count). The number of hydrogen-bond acceptors (Lipinski definition) is 3. The number of ketones is 1. The van der Waals surface area contributed by atoms with Crippen molar-refractivity contribution in [3.05, 3.63) is 0 Å². The van der Waals surface area contributed by atoms with Crippen LogP contribution in [-0.4, -0.2) is 54.9 Å². The van der Waals surface area contributed by atoms with E-state index >= 15 is 0 Å². The van der Waals surface area contributed by atoms with Crippen LogP contribution in [-0.2, 0) is 4.79 Å². The third-order valence-corrected chi connectivity index (χ3v) is 4.09. The predicted octanol–water partition coefficient (Wildman–Crippen LogP) is 1.38. The molecule has 0 aromatic carbocycles. The van der Waals surface area contributed by atoms with Gasteiger partial charge in [0.05, 0.1) is 0 Å². The van der Waals surface area contributed by atoms with E-state index in [9.17, 15) is 4.79 Å². The van der Waals surface area contributed by atoms with Gasteiger partial charge in [-0.1, -0.05) is 0 Å². The van der Waals surface area contributed by atoms with Gasteiger partial charge in [0.2, 0.25) is 0 Å². The van der Waals surface area contributed by atoms with E-state index in [1.54, 1.807) is 6.92 Å². The molecule has 0 radical (unpaired) electrons. The van der Waals surface area contributed by atoms with Crippen LogP contribution < -0.4 is 0 Å². The van der Waals surface area contributed by atoms with Crippen LogP contribution in [0.3, 0.4) is 0 Å². The zero-order valence-corrected chi connectivity index (χ0v) is 10.5. The van der Waals surface area contributed by atoms with Crippen molar-refractivity contribution in [1.29, 1.82) is 0 Å². The molecule has 16 heavy (non-hydrogen) atoms. The molecule has 0 spiro atoms. The second-order valence-corrected chi connectivity index (χ2v) is 5.28. The van der Waals surface area contributed by atoms with E-state index in [0.29, 0.717) is 11.7 Å². The number of nitrogens with zero attached hydrogens (tertiary/aromatic N) is 2. The van der Waals surface area contributed by atoms with E-state index in [2.05, 4.69) is 9.80 Å². The van der Waals surface area contributed by atoms with Gasteiger partial charge in [-0.25, -0.2) is 0 Å². The van der Waals surface area contributed by atoms with E-state index in [4.69, 9.17) is 0 Å². The van der Waals surface area contributed by atoms with Crippen LogP contribution in [0.5, 0.6) is 0 Å². The number of rotatable bonds is 4. The maximum atomic E-state index is 11.2. The fourth-order valence-electron chi connectivity index (χ4n) is 2.85. The van der Waals surface area contributed by atoms with Gasteiger partial charge >= 0.3 is 0 Å². The monoisotopic (exact) mass is 224 g/mol. The summed E-state index contributed by atoms with van der Waals surface area (Å²) in [6.45, 7) is 9.00. The Labute approximate surface area is 98.8 Å². The average Bonchev–Trinajstić information content (AvgIpc) is 2.80. The number of Topliss-reactive ketones (excluding diaryl/α,β-unsaturated/α-hetero) is 1. The molecule has 3 nitrogen and oxygen atoms in total. The minimum Gasteiger partial charge on any atom is -0.302 e. The van der Waals surface area contributed by atoms with Crippen LogP contribution >= 0.6 is 0 Å². The predicted molar refractivity (Wildman–Crippen MR) is 65.5 cm³/mol. The van der Waals surface area contributed by atoms with Gasteiger partial charge in [0.15, 0.2) is 0 Å². The molecule has 0 atom stereocenters. The molecule has 2 aliphatic heterocycles. The van der Waals surface area contributed by atoms with Crippen molar-refractivity contribution >= 4 is 5.78 Å². The van der Waals surface area contributed by atoms with Crippen molar-refractivity contribution in [2.24, 2.45) is 5.92 Å². The molecule has 2 heterocycles. The van der Waals surface area contributed by atoms with Gasteiger partial charge < -0.3 is 9.80 Å². The van der Waals surface area contributed by atoms with E-state index in [1.165, 1.54) is 39.0 Å². The topological polar surface area (TPSA) is 23.6 Å². The number of likely N-dealkylation sites (tertiary alicyclic amines) is 2. The Balaban J connectivity index is 1.63. The lowest BCUT2D eigenvalue weighted by Crippen LogP contribution is -2.40. The summed E-state index contributed by atoms with van der Waals surface area (Å²) in [6, 6.07) is 0. The standard InChI is InChI=1S/C13H24N2O/c1-12(16)13-4-8-15(9-5-13)11-10-14-6-2-3-7-14/h13H,2-11H2,1H3. The molecule has 92 valence electrons. The minimum atomic E-state index is 0.350. The molecule has 0 aromatic heterocycles. The highest BCUT2D eigenvalue weighted by molar-refractivity contribution is 5.78. The molecule has 0 amide bonds. The largest absolute Gasteiger partial charge is 0.302 e. The molecule has 0 bridgehead atoms. The van der Waals surface area contributed by atoms with Crippen molar-refractivity contribution in [3.63, 3.8) is 0 Å². The molecule has 0 saturated carbocycles. The Hall–Kier alpha value is -0.410. The van der Waals surface area contributed by atoms with Gasteiger partial charge in [-0.15, -0.1) is 0 Å². The van der Waals surface area contributed by atoms with Crippen LogP contribution in [0.1, 0.15) is 32.6 Å². The van der Waals surface area contributed by atoms with Crippen LogP contribution in [0, 0.1) is 5.92 Å². The molecule has 0 aliphatic carbocycles. The first-order valence-electron chi connectivity index (χ1n) is 6.71. The Bertz CT molecular complexity index is 228. The summed E-state index contributed by atoms with van der Waals surface area (Å²) in [5, 5.41) is 0. The fourth-order valence-corrected chi connectivity index (χ4v) is 2.85. The van der Waals surface area contributed by atoms with Crippen LogP contribution in [0.2, 0.25) is 0 Å². The molecule has 0 aromatic rings. The van der Waals surface area contributed by atoms with Gasteiger partial charge in [0, 0.05) is 19.0 Å². The Kier molecular flexibility index (Phi) is 4.36. The van der Waals surface area contributed by atoms with E-state index < -0.39 is 0 Å². The van der Waals surface area contributed by atoms with Crippen LogP contribution in [0.4, 0.5) is 0 Å². The first-order chi connectivity index (χ1) is 7.75. The van der Waals surface area contributed by atoms with Crippen molar-refractivity contribution in [1.82, 2.24) is 9.80 Å². The third kappa shape index (κ3) is 3.29. The van der Waals surface area contributed by atoms with Crippen molar-refractivity contribution in [3.8, 4) is 0 Å². The van der Waals surface area contributed by atoms with Gasteiger partial charge in [0.25, 0.3) is 0 Å². The summed E-state index contributed by atoms with van der Waals surface area (Å²) in [4.78, 5) is 16.3. The summed E-state index contributed by atoms with van der Waals surface area (Å²) in [5.41, 5.74) is 0. The Morgan fingerprint density at radius 3 is 2.00 bits per heavy atom. The number of piperidine rings is 1. The summed E-state index contributed by atoms with van der Waals surface area (Å²) in [5.74, 6) is 0.738. The molecule has 0 N–H and O–H groups in total. The lowest BCUT2D eigenvalue weighted by molar-refractivity contribution is -0.122. The van der Waals surface area contributed by atoms with Gasteiger partial charge in [-0.05, 0) is 58.8 Å². The number of carbonyl (C=O) groups excluding carboxylic acids is 1. The maximum absolute atomic E-state index is 11.2. The lowest BCUT2D eigenvalue weighted by atomic mass is 9.93. The molecule has 2 fully saturated rings. The van der Waals surface area contributed by atoms with Crippen molar-refractivity contribution < 1.29 is 4.79 Å². The highest BCUT2D eigenvalue weighted by atomic mass is 16.1. The molecular weight excluding hydrogens is 200 g/mol. The molecular formula is C13H24N2O. The van der Waals surface area contributed by atoms with Gasteiger partial charge in [-0.3, -0.25) is 4.79 Å².